The molecule has 0 radical (unpaired) electrons. The van der Waals surface area contributed by atoms with Crippen LogP contribution < -0.4 is 4.74 Å². The zero-order valence-electron chi connectivity index (χ0n) is 14.2. The second-order valence-electron chi connectivity index (χ2n) is 6.21. The van der Waals surface area contributed by atoms with Gasteiger partial charge < -0.3 is 9.72 Å². The number of hydrogen-bond donors (Lipinski definition) is 1. The number of aromatic nitrogens is 2. The quantitative estimate of drug-likeness (QED) is 0.423. The Hall–Kier alpha value is -3.11. The molecule has 2 heterocycles. The maximum absolute atomic E-state index is 5.37. The Morgan fingerprint density at radius 1 is 0.962 bits per heavy atom. The van der Waals surface area contributed by atoms with Gasteiger partial charge in [-0.25, -0.2) is 4.98 Å². The first-order valence-electron chi connectivity index (χ1n) is 8.42. The lowest BCUT2D eigenvalue weighted by Gasteiger charge is -2.01. The summed E-state index contributed by atoms with van der Waals surface area (Å²) in [5, 5.41) is 6.75. The third-order valence-corrected chi connectivity index (χ3v) is 5.56. The average molecular weight is 356 g/mol. The van der Waals surface area contributed by atoms with E-state index in [1.165, 1.54) is 10.8 Å². The van der Waals surface area contributed by atoms with Crippen LogP contribution in [0.3, 0.4) is 0 Å². The third-order valence-electron chi connectivity index (χ3n) is 4.67. The van der Waals surface area contributed by atoms with Gasteiger partial charge in [-0.3, -0.25) is 0 Å². The van der Waals surface area contributed by atoms with Gasteiger partial charge in [-0.05, 0) is 35.0 Å². The molecule has 0 spiro atoms. The average Bonchev–Trinajstić information content (AvgIpc) is 3.34. The Morgan fingerprint density at radius 3 is 2.73 bits per heavy atom. The first kappa shape index (κ1) is 15.2. The molecule has 5 rings (SSSR count). The summed E-state index contributed by atoms with van der Waals surface area (Å²) in [5.41, 5.74) is 4.32. The summed E-state index contributed by atoms with van der Waals surface area (Å²) in [6.45, 7) is 0. The highest BCUT2D eigenvalue weighted by Gasteiger charge is 2.12. The second-order valence-corrected chi connectivity index (χ2v) is 7.07. The van der Waals surface area contributed by atoms with Gasteiger partial charge in [-0.15, -0.1) is 11.3 Å². The van der Waals surface area contributed by atoms with Crippen molar-refractivity contribution < 1.29 is 4.74 Å². The fraction of sp³-hybridized carbons (Fsp3) is 0.0455. The molecule has 0 aliphatic heterocycles. The number of rotatable bonds is 3. The van der Waals surface area contributed by atoms with Crippen LogP contribution in [0.15, 0.2) is 72.2 Å². The van der Waals surface area contributed by atoms with Crippen LogP contribution in [0, 0.1) is 0 Å². The van der Waals surface area contributed by atoms with Crippen LogP contribution >= 0.6 is 11.3 Å². The van der Waals surface area contributed by atoms with Crippen molar-refractivity contribution >= 4 is 33.0 Å². The normalized spacial score (nSPS) is 11.3. The summed E-state index contributed by atoms with van der Waals surface area (Å²) in [5.74, 6) is 0.850. The SMILES string of the molecule is COc1ccc2[nH]cc(-c3csc(-c4ccc5ccccc5c4)n3)c2c1. The van der Waals surface area contributed by atoms with Gasteiger partial charge in [0.05, 0.1) is 12.8 Å². The van der Waals surface area contributed by atoms with Crippen molar-refractivity contribution in [2.75, 3.05) is 7.11 Å². The van der Waals surface area contributed by atoms with Crippen molar-refractivity contribution in [1.82, 2.24) is 9.97 Å². The molecular weight excluding hydrogens is 340 g/mol. The van der Waals surface area contributed by atoms with E-state index in [1.807, 2.05) is 18.3 Å². The lowest BCUT2D eigenvalue weighted by Crippen LogP contribution is -1.82. The Labute approximate surface area is 154 Å². The highest BCUT2D eigenvalue weighted by molar-refractivity contribution is 7.13. The first-order valence-corrected chi connectivity index (χ1v) is 9.30. The van der Waals surface area contributed by atoms with Gasteiger partial charge in [0.25, 0.3) is 0 Å². The molecule has 0 fully saturated rings. The molecule has 0 saturated carbocycles. The van der Waals surface area contributed by atoms with Crippen LogP contribution in [0.1, 0.15) is 0 Å². The largest absolute Gasteiger partial charge is 0.497 e. The number of benzene rings is 3. The summed E-state index contributed by atoms with van der Waals surface area (Å²) >= 11 is 1.67. The smallest absolute Gasteiger partial charge is 0.124 e. The van der Waals surface area contributed by atoms with Gasteiger partial charge in [-0.2, -0.15) is 0 Å². The van der Waals surface area contributed by atoms with Crippen LogP contribution in [0.5, 0.6) is 5.75 Å². The Bertz CT molecular complexity index is 1240. The number of fused-ring (bicyclic) bond motifs is 2. The Morgan fingerprint density at radius 2 is 1.85 bits per heavy atom. The summed E-state index contributed by atoms with van der Waals surface area (Å²) < 4.78 is 5.37. The Kier molecular flexibility index (Phi) is 3.50. The molecular formula is C22H16N2OS. The van der Waals surface area contributed by atoms with Gasteiger partial charge >= 0.3 is 0 Å². The van der Waals surface area contributed by atoms with E-state index in [2.05, 4.69) is 58.9 Å². The van der Waals surface area contributed by atoms with Crippen LogP contribution in [0.2, 0.25) is 0 Å². The summed E-state index contributed by atoms with van der Waals surface area (Å²) in [6.07, 6.45) is 2.02. The maximum atomic E-state index is 5.37. The van der Waals surface area contributed by atoms with E-state index in [0.717, 1.165) is 38.5 Å². The summed E-state index contributed by atoms with van der Waals surface area (Å²) in [4.78, 5) is 8.21. The van der Waals surface area contributed by atoms with Crippen molar-refractivity contribution in [3.8, 4) is 27.6 Å². The first-order chi connectivity index (χ1) is 12.8. The predicted molar refractivity (Wildman–Crippen MR) is 109 cm³/mol. The van der Waals surface area contributed by atoms with Crippen LogP contribution in [-0.2, 0) is 0 Å². The van der Waals surface area contributed by atoms with Gasteiger partial charge in [0.15, 0.2) is 0 Å². The van der Waals surface area contributed by atoms with Crippen molar-refractivity contribution in [3.05, 3.63) is 72.2 Å². The molecule has 0 unspecified atom stereocenters. The molecule has 3 nitrogen and oxygen atoms in total. The standard InChI is InChI=1S/C22H16N2OS/c1-25-17-8-9-20-18(11-17)19(12-23-20)21-13-26-22(24-21)16-7-6-14-4-2-3-5-15(14)10-16/h2-13,23H,1H3. The molecule has 26 heavy (non-hydrogen) atoms. The number of nitrogens with one attached hydrogen (secondary N) is 1. The maximum Gasteiger partial charge on any atom is 0.124 e. The molecule has 0 atom stereocenters. The summed E-state index contributed by atoms with van der Waals surface area (Å²) in [7, 11) is 1.69. The monoisotopic (exact) mass is 356 g/mol. The fourth-order valence-electron chi connectivity index (χ4n) is 3.29. The minimum atomic E-state index is 0.850. The minimum Gasteiger partial charge on any atom is -0.497 e. The number of aromatic amines is 1. The highest BCUT2D eigenvalue weighted by Crippen LogP contribution is 2.35. The van der Waals surface area contributed by atoms with E-state index >= 15 is 0 Å². The van der Waals surface area contributed by atoms with E-state index in [9.17, 15) is 0 Å². The van der Waals surface area contributed by atoms with Gasteiger partial charge in [0.1, 0.15) is 10.8 Å². The molecule has 0 aliphatic carbocycles. The number of ether oxygens (including phenoxy) is 1. The topological polar surface area (TPSA) is 37.9 Å². The van der Waals surface area contributed by atoms with Crippen LogP contribution in [0.4, 0.5) is 0 Å². The van der Waals surface area contributed by atoms with Gasteiger partial charge in [-0.1, -0.05) is 36.4 Å². The molecule has 3 aromatic carbocycles. The van der Waals surface area contributed by atoms with Crippen molar-refractivity contribution in [2.24, 2.45) is 0 Å². The minimum absolute atomic E-state index is 0.850. The molecule has 4 heteroatoms. The molecule has 0 bridgehead atoms. The summed E-state index contributed by atoms with van der Waals surface area (Å²) in [6, 6.07) is 21.0. The predicted octanol–water partition coefficient (Wildman–Crippen LogP) is 6.12. The lowest BCUT2D eigenvalue weighted by atomic mass is 10.1. The number of methoxy groups -OCH3 is 1. The number of H-pyrrole nitrogens is 1. The van der Waals surface area contributed by atoms with Crippen molar-refractivity contribution in [2.45, 2.75) is 0 Å². The molecule has 5 aromatic rings. The van der Waals surface area contributed by atoms with E-state index in [1.54, 1.807) is 18.4 Å². The lowest BCUT2D eigenvalue weighted by molar-refractivity contribution is 0.415. The molecule has 1 N–H and O–H groups in total. The van der Waals surface area contributed by atoms with E-state index in [4.69, 9.17) is 9.72 Å². The van der Waals surface area contributed by atoms with Crippen molar-refractivity contribution in [3.63, 3.8) is 0 Å². The van der Waals surface area contributed by atoms with Crippen molar-refractivity contribution in [1.29, 1.82) is 0 Å². The van der Waals surface area contributed by atoms with Crippen LogP contribution in [-0.4, -0.2) is 17.1 Å². The van der Waals surface area contributed by atoms with Gasteiger partial charge in [0, 0.05) is 33.6 Å². The van der Waals surface area contributed by atoms with E-state index in [0.29, 0.717) is 0 Å². The zero-order chi connectivity index (χ0) is 17.5. The number of thiazole rings is 1. The number of hydrogen-bond acceptors (Lipinski definition) is 3. The number of nitrogens with zero attached hydrogens (tertiary/aromatic N) is 1. The van der Waals surface area contributed by atoms with Gasteiger partial charge in [0.2, 0.25) is 0 Å². The fourth-order valence-corrected chi connectivity index (χ4v) is 4.11. The second kappa shape index (κ2) is 6.00. The Balaban J connectivity index is 1.59. The zero-order valence-corrected chi connectivity index (χ0v) is 15.0. The third kappa shape index (κ3) is 2.47. The van der Waals surface area contributed by atoms with E-state index in [-0.39, 0.29) is 0 Å². The van der Waals surface area contributed by atoms with E-state index < -0.39 is 0 Å². The van der Waals surface area contributed by atoms with Crippen LogP contribution in [0.25, 0.3) is 43.5 Å². The molecule has 126 valence electrons. The molecule has 2 aromatic heterocycles. The molecule has 0 amide bonds. The molecule has 0 saturated heterocycles. The molecule has 0 aliphatic rings. The highest BCUT2D eigenvalue weighted by atomic mass is 32.1.